The molecule has 128 valence electrons. The molecule has 25 heavy (non-hydrogen) atoms. The van der Waals surface area contributed by atoms with Crippen LogP contribution in [0.15, 0.2) is 42.5 Å². The second-order valence-corrected chi connectivity index (χ2v) is 6.57. The highest BCUT2D eigenvalue weighted by molar-refractivity contribution is 6.11. The molecule has 0 saturated carbocycles. The summed E-state index contributed by atoms with van der Waals surface area (Å²) in [4.78, 5) is 22.6. The van der Waals surface area contributed by atoms with Gasteiger partial charge in [0.15, 0.2) is 0 Å². The van der Waals surface area contributed by atoms with E-state index in [4.69, 9.17) is 0 Å². The normalized spacial score (nSPS) is 14.7. The van der Waals surface area contributed by atoms with Crippen LogP contribution in [0.2, 0.25) is 0 Å². The summed E-state index contributed by atoms with van der Waals surface area (Å²) in [6.45, 7) is 4.12. The molecule has 4 rings (SSSR count). The molecular weight excluding hydrogens is 312 g/mol. The molecule has 3 aromatic rings. The van der Waals surface area contributed by atoms with E-state index in [-0.39, 0.29) is 5.91 Å². The van der Waals surface area contributed by atoms with E-state index in [0.717, 1.165) is 30.1 Å². The van der Waals surface area contributed by atoms with Gasteiger partial charge in [0.25, 0.3) is 5.91 Å². The Morgan fingerprint density at radius 3 is 2.60 bits per heavy atom. The van der Waals surface area contributed by atoms with Gasteiger partial charge in [-0.05, 0) is 62.6 Å². The molecule has 1 saturated heterocycles. The summed E-state index contributed by atoms with van der Waals surface area (Å²) in [5.41, 5.74) is 4.20. The Balaban J connectivity index is 1.52. The monoisotopic (exact) mass is 334 g/mol. The molecular formula is C20H22N4O. The number of hydrogen-bond donors (Lipinski definition) is 2. The second-order valence-electron chi connectivity index (χ2n) is 6.57. The van der Waals surface area contributed by atoms with Crippen molar-refractivity contribution < 1.29 is 4.79 Å². The fourth-order valence-electron chi connectivity index (χ4n) is 3.44. The van der Waals surface area contributed by atoms with Crippen molar-refractivity contribution in [3.05, 3.63) is 53.9 Å². The van der Waals surface area contributed by atoms with E-state index >= 15 is 0 Å². The maximum absolute atomic E-state index is 12.6. The number of rotatable bonds is 3. The number of fused-ring (bicyclic) bond motifs is 1. The lowest BCUT2D eigenvalue weighted by Crippen LogP contribution is -2.29. The van der Waals surface area contributed by atoms with E-state index in [1.54, 1.807) is 6.07 Å². The third-order valence-corrected chi connectivity index (χ3v) is 4.72. The van der Waals surface area contributed by atoms with E-state index in [1.165, 1.54) is 24.9 Å². The summed E-state index contributed by atoms with van der Waals surface area (Å²) >= 11 is 0. The zero-order chi connectivity index (χ0) is 17.2. The van der Waals surface area contributed by atoms with Crippen LogP contribution in [0.4, 0.5) is 11.4 Å². The van der Waals surface area contributed by atoms with Crippen LogP contribution in [-0.4, -0.2) is 29.0 Å². The Kier molecular flexibility index (Phi) is 4.14. The van der Waals surface area contributed by atoms with Crippen LogP contribution in [-0.2, 0) is 0 Å². The molecule has 1 fully saturated rings. The van der Waals surface area contributed by atoms with Crippen molar-refractivity contribution in [1.82, 2.24) is 9.97 Å². The van der Waals surface area contributed by atoms with Crippen LogP contribution in [0.25, 0.3) is 11.0 Å². The number of nitrogens with zero attached hydrogens (tertiary/aromatic N) is 2. The minimum atomic E-state index is -0.136. The molecule has 2 heterocycles. The zero-order valence-electron chi connectivity index (χ0n) is 14.4. The van der Waals surface area contributed by atoms with Crippen LogP contribution in [0, 0.1) is 6.92 Å². The first-order valence-corrected chi connectivity index (χ1v) is 8.82. The Labute approximate surface area is 147 Å². The van der Waals surface area contributed by atoms with Gasteiger partial charge in [-0.25, -0.2) is 4.98 Å². The third kappa shape index (κ3) is 3.22. The molecule has 0 bridgehead atoms. The van der Waals surface area contributed by atoms with E-state index < -0.39 is 0 Å². The number of nitrogens with one attached hydrogen (secondary N) is 2. The van der Waals surface area contributed by atoms with Crippen LogP contribution in [0.1, 0.15) is 35.4 Å². The molecule has 0 aliphatic carbocycles. The molecule has 1 aromatic heterocycles. The number of carbonyl (C=O) groups is 1. The van der Waals surface area contributed by atoms with Crippen LogP contribution in [0.5, 0.6) is 0 Å². The van der Waals surface area contributed by atoms with Gasteiger partial charge in [0.2, 0.25) is 0 Å². The standard InChI is InChI=1S/C20H22N4O/c1-14-21-18-7-5-6-17(19(18)22-14)20(25)23-15-8-10-16(11-9-15)24-12-3-2-4-13-24/h5-11H,2-4,12-13H2,1H3,(H,21,22)(H,23,25). The second kappa shape index (κ2) is 6.59. The number of piperidine rings is 1. The van der Waals surface area contributed by atoms with Crippen LogP contribution >= 0.6 is 0 Å². The largest absolute Gasteiger partial charge is 0.372 e. The fraction of sp³-hybridized carbons (Fsp3) is 0.300. The van der Waals surface area contributed by atoms with Gasteiger partial charge in [-0.1, -0.05) is 6.07 Å². The highest BCUT2D eigenvalue weighted by Gasteiger charge is 2.14. The van der Waals surface area contributed by atoms with E-state index in [9.17, 15) is 4.79 Å². The lowest BCUT2D eigenvalue weighted by molar-refractivity contribution is 0.102. The number of para-hydroxylation sites is 1. The average molecular weight is 334 g/mol. The summed E-state index contributed by atoms with van der Waals surface area (Å²) in [5.74, 6) is 0.670. The first-order valence-electron chi connectivity index (χ1n) is 8.82. The number of anilines is 2. The van der Waals surface area contributed by atoms with Crippen LogP contribution < -0.4 is 10.2 Å². The number of aromatic amines is 1. The summed E-state index contributed by atoms with van der Waals surface area (Å²) in [6, 6.07) is 13.7. The van der Waals surface area contributed by atoms with Gasteiger partial charge in [-0.2, -0.15) is 0 Å². The number of amides is 1. The lowest BCUT2D eigenvalue weighted by atomic mass is 10.1. The van der Waals surface area contributed by atoms with Crippen LogP contribution in [0.3, 0.4) is 0 Å². The number of aromatic nitrogens is 2. The minimum absolute atomic E-state index is 0.136. The first-order chi connectivity index (χ1) is 12.2. The Bertz CT molecular complexity index is 892. The number of carbonyl (C=O) groups excluding carboxylic acids is 1. The molecule has 1 amide bonds. The van der Waals surface area contributed by atoms with Gasteiger partial charge < -0.3 is 15.2 Å². The topological polar surface area (TPSA) is 61.0 Å². The highest BCUT2D eigenvalue weighted by atomic mass is 16.1. The molecule has 2 aromatic carbocycles. The molecule has 2 N–H and O–H groups in total. The summed E-state index contributed by atoms with van der Waals surface area (Å²) < 4.78 is 0. The molecule has 1 aliphatic heterocycles. The van der Waals surface area contributed by atoms with Crippen molar-refractivity contribution in [2.24, 2.45) is 0 Å². The summed E-state index contributed by atoms with van der Waals surface area (Å²) in [7, 11) is 0. The van der Waals surface area contributed by atoms with Gasteiger partial charge in [-0.15, -0.1) is 0 Å². The molecule has 5 nitrogen and oxygen atoms in total. The molecule has 0 atom stereocenters. The van der Waals surface area contributed by atoms with Crippen molar-refractivity contribution >= 4 is 28.3 Å². The lowest BCUT2D eigenvalue weighted by Gasteiger charge is -2.28. The van der Waals surface area contributed by atoms with Crippen molar-refractivity contribution in [2.75, 3.05) is 23.3 Å². The van der Waals surface area contributed by atoms with Crippen molar-refractivity contribution in [3.8, 4) is 0 Å². The van der Waals surface area contributed by atoms with E-state index in [1.807, 2.05) is 31.2 Å². The highest BCUT2D eigenvalue weighted by Crippen LogP contribution is 2.23. The van der Waals surface area contributed by atoms with Gasteiger partial charge >= 0.3 is 0 Å². The molecule has 5 heteroatoms. The third-order valence-electron chi connectivity index (χ3n) is 4.72. The van der Waals surface area contributed by atoms with Gasteiger partial charge in [0.05, 0.1) is 11.1 Å². The Morgan fingerprint density at radius 1 is 1.08 bits per heavy atom. The van der Waals surface area contributed by atoms with Crippen molar-refractivity contribution in [1.29, 1.82) is 0 Å². The number of aryl methyl sites for hydroxylation is 1. The van der Waals surface area contributed by atoms with Gasteiger partial charge in [0, 0.05) is 24.5 Å². The Hall–Kier alpha value is -2.82. The maximum Gasteiger partial charge on any atom is 0.257 e. The molecule has 1 aliphatic rings. The van der Waals surface area contributed by atoms with Crippen molar-refractivity contribution in [3.63, 3.8) is 0 Å². The molecule has 0 spiro atoms. The SMILES string of the molecule is Cc1nc2c(C(=O)Nc3ccc(N4CCCCC4)cc3)cccc2[nH]1. The summed E-state index contributed by atoms with van der Waals surface area (Å²) in [6.07, 6.45) is 3.83. The maximum atomic E-state index is 12.6. The van der Waals surface area contributed by atoms with Gasteiger partial charge in [0.1, 0.15) is 11.3 Å². The molecule has 0 radical (unpaired) electrons. The quantitative estimate of drug-likeness (QED) is 0.757. The number of H-pyrrole nitrogens is 1. The summed E-state index contributed by atoms with van der Waals surface area (Å²) in [5, 5.41) is 2.98. The fourth-order valence-corrected chi connectivity index (χ4v) is 3.44. The van der Waals surface area contributed by atoms with Crippen molar-refractivity contribution in [2.45, 2.75) is 26.2 Å². The number of imidazole rings is 1. The number of hydrogen-bond acceptors (Lipinski definition) is 3. The smallest absolute Gasteiger partial charge is 0.257 e. The van der Waals surface area contributed by atoms with Gasteiger partial charge in [-0.3, -0.25) is 4.79 Å². The zero-order valence-corrected chi connectivity index (χ0v) is 14.4. The Morgan fingerprint density at radius 2 is 1.84 bits per heavy atom. The first kappa shape index (κ1) is 15.7. The van der Waals surface area contributed by atoms with E-state index in [0.29, 0.717) is 11.1 Å². The minimum Gasteiger partial charge on any atom is -0.372 e. The van der Waals surface area contributed by atoms with E-state index in [2.05, 4.69) is 32.3 Å². The predicted octanol–water partition coefficient (Wildman–Crippen LogP) is 4.11. The predicted molar refractivity (Wildman–Crippen MR) is 101 cm³/mol. The average Bonchev–Trinajstić information content (AvgIpc) is 3.03. The number of benzene rings is 2. The molecule has 0 unspecified atom stereocenters.